The molecule has 240 valence electrons. The monoisotopic (exact) mass is 618 g/mol. The summed E-state index contributed by atoms with van der Waals surface area (Å²) >= 11 is 0. The van der Waals surface area contributed by atoms with Gasteiger partial charge in [0.05, 0.1) is 49.3 Å². The molecular weight excluding hydrogens is 576 g/mol. The number of aliphatic hydroxyl groups is 1. The first kappa shape index (κ1) is 33.3. The van der Waals surface area contributed by atoms with Crippen molar-refractivity contribution in [2.45, 2.75) is 58.7 Å². The molecule has 0 bridgehead atoms. The number of anilines is 2. The lowest BCUT2D eigenvalue weighted by Crippen LogP contribution is -2.56. The SMILES string of the molecule is CCOc1ccccc1NC(=O)C1C(=O)CC(C)(O)C(C(=O)Nc2ccccc2OCC)C1c1ccc(OC(C)C)c(OC)c1. The first-order chi connectivity index (χ1) is 21.5. The van der Waals surface area contributed by atoms with Crippen molar-refractivity contribution in [3.05, 3.63) is 72.3 Å². The predicted molar refractivity (Wildman–Crippen MR) is 171 cm³/mol. The number of benzene rings is 3. The summed E-state index contributed by atoms with van der Waals surface area (Å²) in [5.74, 6) is -3.62. The van der Waals surface area contributed by atoms with Crippen molar-refractivity contribution in [3.63, 3.8) is 0 Å². The molecule has 1 aliphatic carbocycles. The van der Waals surface area contributed by atoms with Crippen LogP contribution in [0.4, 0.5) is 11.4 Å². The van der Waals surface area contributed by atoms with Crippen LogP contribution in [-0.2, 0) is 14.4 Å². The molecule has 0 radical (unpaired) electrons. The molecule has 0 saturated heterocycles. The van der Waals surface area contributed by atoms with Gasteiger partial charge < -0.3 is 34.7 Å². The van der Waals surface area contributed by atoms with Gasteiger partial charge in [0.1, 0.15) is 23.2 Å². The molecule has 0 spiro atoms. The Labute approximate surface area is 264 Å². The van der Waals surface area contributed by atoms with Crippen molar-refractivity contribution in [3.8, 4) is 23.0 Å². The average molecular weight is 619 g/mol. The van der Waals surface area contributed by atoms with Crippen LogP contribution in [0.25, 0.3) is 0 Å². The Balaban J connectivity index is 1.83. The highest BCUT2D eigenvalue weighted by atomic mass is 16.5. The van der Waals surface area contributed by atoms with Crippen LogP contribution in [0.1, 0.15) is 52.5 Å². The molecule has 4 atom stereocenters. The van der Waals surface area contributed by atoms with Gasteiger partial charge in [0.25, 0.3) is 0 Å². The van der Waals surface area contributed by atoms with E-state index in [0.29, 0.717) is 53.2 Å². The van der Waals surface area contributed by atoms with E-state index in [1.165, 1.54) is 14.0 Å². The minimum Gasteiger partial charge on any atom is -0.493 e. The van der Waals surface area contributed by atoms with Crippen molar-refractivity contribution in [1.29, 1.82) is 0 Å². The summed E-state index contributed by atoms with van der Waals surface area (Å²) in [6.07, 6.45) is -0.555. The highest BCUT2D eigenvalue weighted by Gasteiger charge is 2.56. The van der Waals surface area contributed by atoms with Gasteiger partial charge in [-0.15, -0.1) is 0 Å². The second-order valence-electron chi connectivity index (χ2n) is 11.4. The Hall–Kier alpha value is -4.57. The zero-order chi connectivity index (χ0) is 32.7. The molecule has 1 fully saturated rings. The molecule has 1 saturated carbocycles. The van der Waals surface area contributed by atoms with Crippen molar-refractivity contribution in [2.24, 2.45) is 11.8 Å². The maximum Gasteiger partial charge on any atom is 0.235 e. The van der Waals surface area contributed by atoms with Gasteiger partial charge in [-0.2, -0.15) is 0 Å². The number of Topliss-reactive ketones (excluding diaryl/α,β-unsaturated/α-hetero) is 1. The number of carbonyl (C=O) groups excluding carboxylic acids is 3. The van der Waals surface area contributed by atoms with E-state index < -0.39 is 47.4 Å². The maximum atomic E-state index is 14.2. The summed E-state index contributed by atoms with van der Waals surface area (Å²) in [6, 6.07) is 18.9. The van der Waals surface area contributed by atoms with Gasteiger partial charge in [-0.25, -0.2) is 0 Å². The normalized spacial score (nSPS) is 21.2. The van der Waals surface area contributed by atoms with E-state index >= 15 is 0 Å². The number of hydrogen-bond acceptors (Lipinski definition) is 8. The highest BCUT2D eigenvalue weighted by molar-refractivity contribution is 6.11. The maximum absolute atomic E-state index is 14.2. The number of ketones is 1. The van der Waals surface area contributed by atoms with Crippen LogP contribution >= 0.6 is 0 Å². The quantitative estimate of drug-likeness (QED) is 0.224. The van der Waals surface area contributed by atoms with E-state index in [-0.39, 0.29) is 6.10 Å². The van der Waals surface area contributed by atoms with Gasteiger partial charge in [-0.3, -0.25) is 14.4 Å². The predicted octanol–water partition coefficient (Wildman–Crippen LogP) is 5.60. The minimum absolute atomic E-state index is 0.144. The summed E-state index contributed by atoms with van der Waals surface area (Å²) in [4.78, 5) is 42.1. The topological polar surface area (TPSA) is 132 Å². The molecule has 3 aromatic rings. The van der Waals surface area contributed by atoms with Crippen LogP contribution in [0.15, 0.2) is 66.7 Å². The Bertz CT molecular complexity index is 1520. The van der Waals surface area contributed by atoms with Gasteiger partial charge in [0.15, 0.2) is 11.5 Å². The number of amides is 2. The van der Waals surface area contributed by atoms with E-state index in [4.69, 9.17) is 18.9 Å². The largest absolute Gasteiger partial charge is 0.493 e. The molecule has 0 heterocycles. The molecule has 10 nitrogen and oxygen atoms in total. The molecule has 45 heavy (non-hydrogen) atoms. The van der Waals surface area contributed by atoms with Crippen LogP contribution in [0, 0.1) is 11.8 Å². The summed E-state index contributed by atoms with van der Waals surface area (Å²) in [6.45, 7) is 9.62. The molecular formula is C35H42N2O8. The second kappa shape index (κ2) is 14.5. The van der Waals surface area contributed by atoms with Crippen molar-refractivity contribution in [2.75, 3.05) is 31.0 Å². The molecule has 4 unspecified atom stereocenters. The number of methoxy groups -OCH3 is 1. The molecule has 2 amide bonds. The van der Waals surface area contributed by atoms with Crippen molar-refractivity contribution < 1.29 is 38.4 Å². The summed E-state index contributed by atoms with van der Waals surface area (Å²) < 4.78 is 22.9. The minimum atomic E-state index is -1.80. The molecule has 10 heteroatoms. The Kier molecular flexibility index (Phi) is 10.7. The third kappa shape index (κ3) is 7.57. The third-order valence-corrected chi connectivity index (χ3v) is 7.66. The number of carbonyl (C=O) groups is 3. The Morgan fingerprint density at radius 3 is 1.96 bits per heavy atom. The van der Waals surface area contributed by atoms with Gasteiger partial charge in [-0.05, 0) is 76.6 Å². The fourth-order valence-corrected chi connectivity index (χ4v) is 5.86. The van der Waals surface area contributed by atoms with E-state index in [1.54, 1.807) is 66.7 Å². The number of ether oxygens (including phenoxy) is 4. The number of para-hydroxylation sites is 4. The number of hydrogen-bond donors (Lipinski definition) is 3. The second-order valence-corrected chi connectivity index (χ2v) is 11.4. The highest BCUT2D eigenvalue weighted by Crippen LogP contribution is 2.48. The summed E-state index contributed by atoms with van der Waals surface area (Å²) in [5, 5.41) is 17.5. The smallest absolute Gasteiger partial charge is 0.235 e. The molecule has 3 N–H and O–H groups in total. The lowest BCUT2D eigenvalue weighted by atomic mass is 9.61. The van der Waals surface area contributed by atoms with E-state index in [1.807, 2.05) is 27.7 Å². The van der Waals surface area contributed by atoms with Gasteiger partial charge >= 0.3 is 0 Å². The fraction of sp³-hybridized carbons (Fsp3) is 0.400. The van der Waals surface area contributed by atoms with E-state index in [0.717, 1.165) is 0 Å². The number of nitrogens with one attached hydrogen (secondary N) is 2. The van der Waals surface area contributed by atoms with Gasteiger partial charge in [-0.1, -0.05) is 30.3 Å². The van der Waals surface area contributed by atoms with Crippen LogP contribution in [0.3, 0.4) is 0 Å². The first-order valence-electron chi connectivity index (χ1n) is 15.2. The molecule has 1 aliphatic rings. The van der Waals surface area contributed by atoms with Crippen LogP contribution in [-0.4, -0.2) is 54.7 Å². The molecule has 3 aromatic carbocycles. The van der Waals surface area contributed by atoms with Gasteiger partial charge in [0.2, 0.25) is 11.8 Å². The van der Waals surface area contributed by atoms with Crippen LogP contribution < -0.4 is 29.6 Å². The van der Waals surface area contributed by atoms with E-state index in [2.05, 4.69) is 10.6 Å². The van der Waals surface area contributed by atoms with Gasteiger partial charge in [0, 0.05) is 12.3 Å². The zero-order valence-electron chi connectivity index (χ0n) is 26.6. The Morgan fingerprint density at radius 1 is 0.867 bits per heavy atom. The van der Waals surface area contributed by atoms with Crippen molar-refractivity contribution in [1.82, 2.24) is 0 Å². The summed E-state index contributed by atoms with van der Waals surface area (Å²) in [5.41, 5.74) is -0.557. The first-order valence-corrected chi connectivity index (χ1v) is 15.2. The lowest BCUT2D eigenvalue weighted by Gasteiger charge is -2.44. The van der Waals surface area contributed by atoms with Crippen LogP contribution in [0.5, 0.6) is 23.0 Å². The number of rotatable bonds is 12. The average Bonchev–Trinajstić information content (AvgIpc) is 2.98. The zero-order valence-corrected chi connectivity index (χ0v) is 26.6. The molecule has 4 rings (SSSR count). The van der Waals surface area contributed by atoms with Crippen molar-refractivity contribution >= 4 is 29.0 Å². The molecule has 0 aliphatic heterocycles. The molecule has 0 aromatic heterocycles. The third-order valence-electron chi connectivity index (χ3n) is 7.66. The fourth-order valence-electron chi connectivity index (χ4n) is 5.86. The van der Waals surface area contributed by atoms with E-state index in [9.17, 15) is 19.5 Å². The Morgan fingerprint density at radius 2 is 1.42 bits per heavy atom. The lowest BCUT2D eigenvalue weighted by molar-refractivity contribution is -0.150. The summed E-state index contributed by atoms with van der Waals surface area (Å²) in [7, 11) is 1.48. The standard InChI is InChI=1S/C35H42N2O8/c1-7-43-26-15-11-9-13-23(26)36-33(39)31-25(38)20-35(5,41)32(34(40)37-24-14-10-12-16-27(24)44-8-2)30(31)22-17-18-28(45-21(3)4)29(19-22)42-6/h9-19,21,30-32,41H,7-8,20H2,1-6H3,(H,36,39)(H,37,40). The van der Waals surface area contributed by atoms with Crippen LogP contribution in [0.2, 0.25) is 0 Å².